The van der Waals surface area contributed by atoms with E-state index in [2.05, 4.69) is 0 Å². The van der Waals surface area contributed by atoms with Crippen molar-refractivity contribution in [3.63, 3.8) is 0 Å². The number of β-amino-alcohol motifs (C(OH)–C–C–N with tert-alkyl or cyclic N) is 1. The molecule has 7 heteroatoms. The van der Waals surface area contributed by atoms with Crippen molar-refractivity contribution in [2.75, 3.05) is 13.2 Å². The minimum Gasteiger partial charge on any atom is -0.491 e. The number of benzene rings is 3. The number of ether oxygens (including phenoxy) is 1. The molecule has 0 aliphatic carbocycles. The summed E-state index contributed by atoms with van der Waals surface area (Å²) in [5.74, 6) is 0.151. The van der Waals surface area contributed by atoms with Crippen LogP contribution in [0.1, 0.15) is 40.9 Å². The van der Waals surface area contributed by atoms with Crippen molar-refractivity contribution in [2.24, 2.45) is 0 Å². The Hall–Kier alpha value is -3.97. The van der Waals surface area contributed by atoms with Crippen molar-refractivity contribution < 1.29 is 24.2 Å². The number of rotatable bonds is 10. The number of Topliss-reactive ketones (excluding diaryl/α,β-unsaturated/α-hetero) is 1. The second kappa shape index (κ2) is 11.0. The maximum atomic E-state index is 13.3. The lowest BCUT2D eigenvalue weighted by atomic mass is 10.1. The SMILES string of the molecule is CCC(=O)c1ccc(OCC(O)CN2C(=O)C(c3ccccc3)N(Cc3ccccc3)C2=O)cc1. The van der Waals surface area contributed by atoms with Crippen LogP contribution in [-0.4, -0.2) is 51.9 Å². The summed E-state index contributed by atoms with van der Waals surface area (Å²) in [6.07, 6.45) is -0.657. The first-order valence-corrected chi connectivity index (χ1v) is 11.6. The Bertz CT molecular complexity index is 1160. The molecule has 2 unspecified atom stereocenters. The maximum Gasteiger partial charge on any atom is 0.328 e. The number of urea groups is 1. The lowest BCUT2D eigenvalue weighted by Gasteiger charge is -2.22. The first kappa shape index (κ1) is 24.2. The van der Waals surface area contributed by atoms with Gasteiger partial charge in [0.2, 0.25) is 0 Å². The molecule has 1 saturated heterocycles. The number of hydrogen-bond donors (Lipinski definition) is 1. The second-order valence-corrected chi connectivity index (χ2v) is 8.42. The van der Waals surface area contributed by atoms with Gasteiger partial charge in [0.15, 0.2) is 5.78 Å². The molecule has 3 aromatic carbocycles. The Labute approximate surface area is 204 Å². The van der Waals surface area contributed by atoms with Gasteiger partial charge in [0.05, 0.1) is 6.54 Å². The zero-order valence-corrected chi connectivity index (χ0v) is 19.5. The molecule has 0 spiro atoms. The van der Waals surface area contributed by atoms with E-state index in [1.165, 1.54) is 4.90 Å². The van der Waals surface area contributed by atoms with Gasteiger partial charge in [0, 0.05) is 18.5 Å². The molecule has 1 N–H and O–H groups in total. The van der Waals surface area contributed by atoms with Gasteiger partial charge in [0.25, 0.3) is 5.91 Å². The number of amides is 3. The van der Waals surface area contributed by atoms with E-state index < -0.39 is 18.2 Å². The van der Waals surface area contributed by atoms with E-state index in [1.54, 1.807) is 31.2 Å². The molecule has 1 heterocycles. The van der Waals surface area contributed by atoms with Gasteiger partial charge in [-0.15, -0.1) is 0 Å². The minimum atomic E-state index is -1.08. The first-order valence-electron chi connectivity index (χ1n) is 11.6. The normalized spacial score (nSPS) is 16.5. The summed E-state index contributed by atoms with van der Waals surface area (Å²) < 4.78 is 5.63. The standard InChI is InChI=1S/C28H28N2O5/c1-2-25(32)21-13-15-24(16-14-21)35-19-23(31)18-30-27(33)26(22-11-7-4-8-12-22)29(28(30)34)17-20-9-5-3-6-10-20/h3-16,23,26,31H,2,17-19H2,1H3. The van der Waals surface area contributed by atoms with E-state index in [4.69, 9.17) is 4.74 Å². The molecule has 7 nitrogen and oxygen atoms in total. The third-order valence-corrected chi connectivity index (χ3v) is 5.93. The molecule has 35 heavy (non-hydrogen) atoms. The smallest absolute Gasteiger partial charge is 0.328 e. The Balaban J connectivity index is 1.45. The number of aliphatic hydroxyl groups is 1. The van der Waals surface area contributed by atoms with Crippen molar-refractivity contribution in [1.82, 2.24) is 9.80 Å². The quantitative estimate of drug-likeness (QED) is 0.353. The predicted octanol–water partition coefficient (Wildman–Crippen LogP) is 4.22. The van der Waals surface area contributed by atoms with Gasteiger partial charge >= 0.3 is 6.03 Å². The van der Waals surface area contributed by atoms with Gasteiger partial charge < -0.3 is 14.7 Å². The van der Waals surface area contributed by atoms with Gasteiger partial charge in [-0.3, -0.25) is 14.5 Å². The summed E-state index contributed by atoms with van der Waals surface area (Å²) in [5, 5.41) is 10.6. The van der Waals surface area contributed by atoms with Crippen molar-refractivity contribution in [3.8, 4) is 5.75 Å². The highest BCUT2D eigenvalue weighted by Gasteiger charge is 2.46. The van der Waals surface area contributed by atoms with Crippen LogP contribution in [0.4, 0.5) is 4.79 Å². The highest BCUT2D eigenvalue weighted by atomic mass is 16.5. The Kier molecular flexibility index (Phi) is 7.57. The monoisotopic (exact) mass is 472 g/mol. The molecule has 3 aromatic rings. The average Bonchev–Trinajstić information content (AvgIpc) is 3.12. The molecule has 1 fully saturated rings. The van der Waals surface area contributed by atoms with Crippen LogP contribution in [0.25, 0.3) is 0 Å². The lowest BCUT2D eigenvalue weighted by molar-refractivity contribution is -0.129. The van der Waals surface area contributed by atoms with Crippen LogP contribution in [0.5, 0.6) is 5.75 Å². The molecule has 0 radical (unpaired) electrons. The topological polar surface area (TPSA) is 87.2 Å². The number of carbonyl (C=O) groups excluding carboxylic acids is 3. The van der Waals surface area contributed by atoms with E-state index in [1.807, 2.05) is 60.7 Å². The molecule has 0 aromatic heterocycles. The van der Waals surface area contributed by atoms with E-state index in [-0.39, 0.29) is 31.4 Å². The Morgan fingerprint density at radius 2 is 1.57 bits per heavy atom. The van der Waals surface area contributed by atoms with E-state index >= 15 is 0 Å². The number of carbonyl (C=O) groups is 3. The van der Waals surface area contributed by atoms with Crippen LogP contribution in [-0.2, 0) is 11.3 Å². The van der Waals surface area contributed by atoms with Crippen molar-refractivity contribution >= 4 is 17.7 Å². The van der Waals surface area contributed by atoms with Crippen LogP contribution in [0, 0.1) is 0 Å². The first-order chi connectivity index (χ1) is 17.0. The highest BCUT2D eigenvalue weighted by Crippen LogP contribution is 2.32. The number of ketones is 1. The molecule has 0 saturated carbocycles. The maximum absolute atomic E-state index is 13.3. The summed E-state index contributed by atoms with van der Waals surface area (Å²) in [5.41, 5.74) is 2.22. The van der Waals surface area contributed by atoms with Gasteiger partial charge in [0.1, 0.15) is 24.5 Å². The van der Waals surface area contributed by atoms with Gasteiger partial charge in [-0.25, -0.2) is 4.79 Å². The fourth-order valence-electron chi connectivity index (χ4n) is 4.10. The summed E-state index contributed by atoms with van der Waals surface area (Å²) in [7, 11) is 0. The third kappa shape index (κ3) is 5.58. The summed E-state index contributed by atoms with van der Waals surface area (Å²) in [4.78, 5) is 41.0. The van der Waals surface area contributed by atoms with Crippen LogP contribution < -0.4 is 4.74 Å². The Morgan fingerprint density at radius 3 is 2.20 bits per heavy atom. The predicted molar refractivity (Wildman–Crippen MR) is 131 cm³/mol. The van der Waals surface area contributed by atoms with Crippen LogP contribution >= 0.6 is 0 Å². The molecule has 1 aliphatic rings. The molecule has 0 bridgehead atoms. The zero-order chi connectivity index (χ0) is 24.8. The highest BCUT2D eigenvalue weighted by molar-refractivity contribution is 6.04. The van der Waals surface area contributed by atoms with Gasteiger partial charge in [-0.2, -0.15) is 0 Å². The largest absolute Gasteiger partial charge is 0.491 e. The number of aliphatic hydroxyl groups excluding tert-OH is 1. The molecule has 4 rings (SSSR count). The fraction of sp³-hybridized carbons (Fsp3) is 0.250. The summed E-state index contributed by atoms with van der Waals surface area (Å²) >= 11 is 0. The number of nitrogens with zero attached hydrogens (tertiary/aromatic N) is 2. The van der Waals surface area contributed by atoms with E-state index in [9.17, 15) is 19.5 Å². The molecule has 180 valence electrons. The number of imide groups is 1. The molecular weight excluding hydrogens is 444 g/mol. The molecular formula is C28H28N2O5. The molecule has 3 amide bonds. The third-order valence-electron chi connectivity index (χ3n) is 5.93. The number of hydrogen-bond acceptors (Lipinski definition) is 5. The van der Waals surface area contributed by atoms with Crippen molar-refractivity contribution in [2.45, 2.75) is 32.0 Å². The van der Waals surface area contributed by atoms with E-state index in [0.29, 0.717) is 17.7 Å². The molecule has 2 atom stereocenters. The fourth-order valence-corrected chi connectivity index (χ4v) is 4.10. The zero-order valence-electron chi connectivity index (χ0n) is 19.5. The van der Waals surface area contributed by atoms with E-state index in [0.717, 1.165) is 16.0 Å². The summed E-state index contributed by atoms with van der Waals surface area (Å²) in [6, 6.07) is 24.1. The van der Waals surface area contributed by atoms with Crippen molar-refractivity contribution in [1.29, 1.82) is 0 Å². The second-order valence-electron chi connectivity index (χ2n) is 8.42. The van der Waals surface area contributed by atoms with Gasteiger partial charge in [-0.1, -0.05) is 67.6 Å². The minimum absolute atomic E-state index is 0.0377. The van der Waals surface area contributed by atoms with Crippen LogP contribution in [0.2, 0.25) is 0 Å². The van der Waals surface area contributed by atoms with Gasteiger partial charge in [-0.05, 0) is 35.4 Å². The van der Waals surface area contributed by atoms with Crippen LogP contribution in [0.15, 0.2) is 84.9 Å². The lowest BCUT2D eigenvalue weighted by Crippen LogP contribution is -2.40. The Morgan fingerprint density at radius 1 is 0.943 bits per heavy atom. The summed E-state index contributed by atoms with van der Waals surface area (Å²) in [6.45, 7) is 1.79. The average molecular weight is 473 g/mol. The molecule has 1 aliphatic heterocycles. The van der Waals surface area contributed by atoms with Crippen LogP contribution in [0.3, 0.4) is 0 Å². The van der Waals surface area contributed by atoms with Crippen molar-refractivity contribution in [3.05, 3.63) is 102 Å².